The molecule has 0 radical (unpaired) electrons. The summed E-state index contributed by atoms with van der Waals surface area (Å²) in [6.07, 6.45) is 4.41. The largest absolute Gasteiger partial charge is 0.507 e. The average Bonchev–Trinajstić information content (AvgIpc) is 3.44. The van der Waals surface area contributed by atoms with Crippen LogP contribution in [0.25, 0.3) is 5.76 Å². The quantitative estimate of drug-likeness (QED) is 0.363. The number of ketones is 1. The van der Waals surface area contributed by atoms with Crippen LogP contribution >= 0.6 is 0 Å². The van der Waals surface area contributed by atoms with E-state index in [4.69, 9.17) is 9.47 Å². The van der Waals surface area contributed by atoms with Gasteiger partial charge in [0.2, 0.25) is 0 Å². The normalized spacial score (nSPS) is 20.5. The summed E-state index contributed by atoms with van der Waals surface area (Å²) >= 11 is 0. The van der Waals surface area contributed by atoms with Crippen molar-refractivity contribution in [3.63, 3.8) is 0 Å². The molecular formula is C26H28FNO5. The Hall–Kier alpha value is -3.35. The molecule has 4 rings (SSSR count). The molecule has 174 valence electrons. The molecule has 1 aliphatic heterocycles. The maximum Gasteiger partial charge on any atom is 0.295 e. The first-order valence-electron chi connectivity index (χ1n) is 11.3. The Morgan fingerprint density at radius 2 is 1.82 bits per heavy atom. The third kappa shape index (κ3) is 4.32. The SMILES string of the molecule is CCCOc1ccc(C2/C(=C(\O)c3cc(F)ccc3OC)C(=O)C(=O)N2C2CCCC2)cc1. The number of halogens is 1. The molecule has 1 atom stereocenters. The van der Waals surface area contributed by atoms with Crippen LogP contribution in [0.5, 0.6) is 11.5 Å². The number of benzene rings is 2. The Morgan fingerprint density at radius 3 is 2.45 bits per heavy atom. The highest BCUT2D eigenvalue weighted by molar-refractivity contribution is 6.46. The molecule has 6 nitrogen and oxygen atoms in total. The fourth-order valence-corrected chi connectivity index (χ4v) is 4.71. The minimum Gasteiger partial charge on any atom is -0.507 e. The van der Waals surface area contributed by atoms with Crippen LogP contribution in [-0.4, -0.2) is 41.5 Å². The Bertz CT molecular complexity index is 1070. The van der Waals surface area contributed by atoms with Crippen LogP contribution in [0.1, 0.15) is 56.2 Å². The van der Waals surface area contributed by atoms with Crippen LogP contribution < -0.4 is 9.47 Å². The highest BCUT2D eigenvalue weighted by Crippen LogP contribution is 2.44. The van der Waals surface area contributed by atoms with Gasteiger partial charge in [0.05, 0.1) is 30.9 Å². The van der Waals surface area contributed by atoms with Crippen LogP contribution in [0.4, 0.5) is 4.39 Å². The van der Waals surface area contributed by atoms with E-state index in [9.17, 15) is 19.1 Å². The first-order valence-corrected chi connectivity index (χ1v) is 11.3. The van der Waals surface area contributed by atoms with Crippen LogP contribution in [0.3, 0.4) is 0 Å². The molecule has 0 aromatic heterocycles. The van der Waals surface area contributed by atoms with Gasteiger partial charge < -0.3 is 19.5 Å². The molecule has 7 heteroatoms. The number of aliphatic hydroxyl groups excluding tert-OH is 1. The van der Waals surface area contributed by atoms with Crippen LogP contribution in [0.2, 0.25) is 0 Å². The zero-order chi connectivity index (χ0) is 23.5. The molecule has 0 bridgehead atoms. The van der Waals surface area contributed by atoms with Gasteiger partial charge in [-0.05, 0) is 55.2 Å². The topological polar surface area (TPSA) is 76.1 Å². The van der Waals surface area contributed by atoms with Crippen molar-refractivity contribution in [3.05, 3.63) is 65.0 Å². The number of likely N-dealkylation sites (tertiary alicyclic amines) is 1. The molecule has 33 heavy (non-hydrogen) atoms. The molecule has 1 heterocycles. The van der Waals surface area contributed by atoms with Crippen molar-refractivity contribution in [1.29, 1.82) is 0 Å². The summed E-state index contributed by atoms with van der Waals surface area (Å²) in [4.78, 5) is 27.9. The lowest BCUT2D eigenvalue weighted by Gasteiger charge is -2.31. The van der Waals surface area contributed by atoms with Gasteiger partial charge in [-0.3, -0.25) is 9.59 Å². The van der Waals surface area contributed by atoms with E-state index in [0.717, 1.165) is 38.2 Å². The molecule has 1 aliphatic carbocycles. The summed E-state index contributed by atoms with van der Waals surface area (Å²) in [5.74, 6) is -1.55. The van der Waals surface area contributed by atoms with E-state index in [-0.39, 0.29) is 22.9 Å². The van der Waals surface area contributed by atoms with Crippen molar-refractivity contribution < 1.29 is 28.6 Å². The number of rotatable bonds is 7. The predicted molar refractivity (Wildman–Crippen MR) is 122 cm³/mol. The van der Waals surface area contributed by atoms with E-state index in [2.05, 4.69) is 0 Å². The number of nitrogens with zero attached hydrogens (tertiary/aromatic N) is 1. The van der Waals surface area contributed by atoms with Gasteiger partial charge in [-0.15, -0.1) is 0 Å². The molecule has 1 N–H and O–H groups in total. The van der Waals surface area contributed by atoms with E-state index >= 15 is 0 Å². The first kappa shape index (κ1) is 22.8. The van der Waals surface area contributed by atoms with E-state index in [1.165, 1.54) is 19.2 Å². The maximum atomic E-state index is 14.0. The molecule has 2 aromatic rings. The average molecular weight is 454 g/mol. The number of Topliss-reactive ketones (excluding diaryl/α,β-unsaturated/α-hetero) is 1. The maximum absolute atomic E-state index is 14.0. The summed E-state index contributed by atoms with van der Waals surface area (Å²) in [5.41, 5.74) is 0.662. The van der Waals surface area contributed by atoms with Gasteiger partial charge in [-0.1, -0.05) is 31.9 Å². The third-order valence-corrected chi connectivity index (χ3v) is 6.28. The van der Waals surface area contributed by atoms with Gasteiger partial charge in [0.15, 0.2) is 0 Å². The lowest BCUT2D eigenvalue weighted by Crippen LogP contribution is -2.37. The van der Waals surface area contributed by atoms with Gasteiger partial charge >= 0.3 is 0 Å². The van der Waals surface area contributed by atoms with E-state index in [0.29, 0.717) is 17.9 Å². The van der Waals surface area contributed by atoms with Gasteiger partial charge in [0.25, 0.3) is 11.7 Å². The van der Waals surface area contributed by atoms with Crippen LogP contribution in [0.15, 0.2) is 48.0 Å². The van der Waals surface area contributed by atoms with Crippen molar-refractivity contribution in [2.45, 2.75) is 51.1 Å². The Morgan fingerprint density at radius 1 is 1.12 bits per heavy atom. The Balaban J connectivity index is 1.85. The lowest BCUT2D eigenvalue weighted by atomic mass is 9.94. The number of amides is 1. The summed E-state index contributed by atoms with van der Waals surface area (Å²) in [6, 6.07) is 10.0. The lowest BCUT2D eigenvalue weighted by molar-refractivity contribution is -0.141. The molecule has 1 amide bonds. The zero-order valence-electron chi connectivity index (χ0n) is 18.8. The van der Waals surface area contributed by atoms with Crippen molar-refractivity contribution >= 4 is 17.4 Å². The number of ether oxygens (including phenoxy) is 2. The molecule has 0 spiro atoms. The number of carbonyl (C=O) groups is 2. The minimum absolute atomic E-state index is 0.0369. The van der Waals surface area contributed by atoms with Gasteiger partial charge in [0, 0.05) is 6.04 Å². The second kappa shape index (κ2) is 9.65. The molecule has 2 aromatic carbocycles. The first-order chi connectivity index (χ1) is 16.0. The number of hydrogen-bond acceptors (Lipinski definition) is 5. The summed E-state index contributed by atoms with van der Waals surface area (Å²) in [7, 11) is 1.40. The predicted octanol–water partition coefficient (Wildman–Crippen LogP) is 4.99. The standard InChI is InChI=1S/C26H28FNO5/c1-3-14-33-19-11-8-16(9-12-19)23-22(24(29)20-15-17(27)10-13-21(20)32-2)25(30)26(31)28(23)18-6-4-5-7-18/h8-13,15,18,23,29H,3-7,14H2,1-2H3/b24-22+. The third-order valence-electron chi connectivity index (χ3n) is 6.28. The molecule has 1 unspecified atom stereocenters. The van der Waals surface area contributed by atoms with Crippen molar-refractivity contribution in [2.24, 2.45) is 0 Å². The highest BCUT2D eigenvalue weighted by atomic mass is 19.1. The fourth-order valence-electron chi connectivity index (χ4n) is 4.71. The van der Waals surface area contributed by atoms with Crippen molar-refractivity contribution in [2.75, 3.05) is 13.7 Å². The molecule has 1 saturated heterocycles. The van der Waals surface area contributed by atoms with Crippen LogP contribution in [-0.2, 0) is 9.59 Å². The van der Waals surface area contributed by atoms with E-state index in [1.807, 2.05) is 6.92 Å². The minimum atomic E-state index is -0.777. The van der Waals surface area contributed by atoms with Crippen LogP contribution in [0, 0.1) is 5.82 Å². The summed E-state index contributed by atoms with van der Waals surface area (Å²) in [6.45, 7) is 2.60. The van der Waals surface area contributed by atoms with Gasteiger partial charge in [0.1, 0.15) is 23.1 Å². The summed E-state index contributed by atoms with van der Waals surface area (Å²) < 4.78 is 25.0. The number of hydrogen-bond donors (Lipinski definition) is 1. The molecular weight excluding hydrogens is 425 g/mol. The van der Waals surface area contributed by atoms with Crippen molar-refractivity contribution in [3.8, 4) is 11.5 Å². The number of methoxy groups -OCH3 is 1. The number of aliphatic hydroxyl groups is 1. The van der Waals surface area contributed by atoms with Gasteiger partial charge in [-0.25, -0.2) is 4.39 Å². The highest BCUT2D eigenvalue weighted by Gasteiger charge is 2.49. The number of carbonyl (C=O) groups excluding carboxylic acids is 2. The molecule has 2 fully saturated rings. The van der Waals surface area contributed by atoms with E-state index < -0.39 is 29.3 Å². The molecule has 1 saturated carbocycles. The van der Waals surface area contributed by atoms with Gasteiger partial charge in [-0.2, -0.15) is 0 Å². The monoisotopic (exact) mass is 453 g/mol. The van der Waals surface area contributed by atoms with Crippen molar-refractivity contribution in [1.82, 2.24) is 4.90 Å². The second-order valence-corrected chi connectivity index (χ2v) is 8.41. The Labute approximate surface area is 192 Å². The zero-order valence-corrected chi connectivity index (χ0v) is 18.8. The molecule has 2 aliphatic rings. The van der Waals surface area contributed by atoms with E-state index in [1.54, 1.807) is 29.2 Å². The second-order valence-electron chi connectivity index (χ2n) is 8.41. The fraction of sp³-hybridized carbons (Fsp3) is 0.385. The smallest absolute Gasteiger partial charge is 0.295 e. The Kier molecular flexibility index (Phi) is 6.67. The summed E-state index contributed by atoms with van der Waals surface area (Å²) in [5, 5.41) is 11.2.